The van der Waals surface area contributed by atoms with E-state index in [0.717, 1.165) is 12.1 Å². The minimum absolute atomic E-state index is 0.0282. The van der Waals surface area contributed by atoms with Gasteiger partial charge in [0.25, 0.3) is 5.91 Å². The molecule has 0 atom stereocenters. The van der Waals surface area contributed by atoms with E-state index in [2.05, 4.69) is 15.9 Å². The molecular weight excluding hydrogens is 315 g/mol. The van der Waals surface area contributed by atoms with E-state index in [1.165, 1.54) is 19.0 Å². The van der Waals surface area contributed by atoms with Gasteiger partial charge in [-0.25, -0.2) is 17.9 Å². The first-order valence-corrected chi connectivity index (χ1v) is 6.72. The minimum atomic E-state index is -4.20. The number of nitrogens with two attached hydrogens (primary N) is 1. The molecule has 0 saturated carbocycles. The number of rotatable bonds is 2. The lowest BCUT2D eigenvalue weighted by molar-refractivity contribution is 0.0826. The summed E-state index contributed by atoms with van der Waals surface area (Å²) in [4.78, 5) is 12.2. The van der Waals surface area contributed by atoms with Gasteiger partial charge in [-0.3, -0.25) is 4.79 Å². The molecule has 1 aromatic rings. The highest BCUT2D eigenvalue weighted by molar-refractivity contribution is 9.10. The zero-order valence-electron chi connectivity index (χ0n) is 9.07. The molecule has 0 fully saturated rings. The summed E-state index contributed by atoms with van der Waals surface area (Å²) in [6.07, 6.45) is 0. The first kappa shape index (κ1) is 14.1. The van der Waals surface area contributed by atoms with Crippen LogP contribution in [0.15, 0.2) is 21.5 Å². The summed E-state index contributed by atoms with van der Waals surface area (Å²) in [7, 11) is -1.21. The van der Waals surface area contributed by atoms with Gasteiger partial charge in [-0.15, -0.1) is 0 Å². The van der Waals surface area contributed by atoms with E-state index in [-0.39, 0.29) is 10.0 Å². The van der Waals surface area contributed by atoms with Crippen molar-refractivity contribution in [2.75, 3.05) is 14.1 Å². The topological polar surface area (TPSA) is 80.5 Å². The van der Waals surface area contributed by atoms with Crippen molar-refractivity contribution in [2.24, 2.45) is 5.14 Å². The van der Waals surface area contributed by atoms with Gasteiger partial charge >= 0.3 is 0 Å². The molecule has 0 aromatic heterocycles. The van der Waals surface area contributed by atoms with Crippen molar-refractivity contribution in [3.05, 3.63) is 28.0 Å². The van der Waals surface area contributed by atoms with E-state index >= 15 is 0 Å². The van der Waals surface area contributed by atoms with E-state index in [1.54, 1.807) is 0 Å². The second-order valence-electron chi connectivity index (χ2n) is 3.51. The van der Waals surface area contributed by atoms with E-state index in [4.69, 9.17) is 5.14 Å². The Kier molecular flexibility index (Phi) is 3.90. The molecule has 0 aliphatic carbocycles. The highest BCUT2D eigenvalue weighted by Gasteiger charge is 2.21. The molecule has 1 aromatic carbocycles. The van der Waals surface area contributed by atoms with Gasteiger partial charge in [-0.1, -0.05) is 0 Å². The van der Waals surface area contributed by atoms with Crippen molar-refractivity contribution in [2.45, 2.75) is 4.90 Å². The normalized spacial score (nSPS) is 11.4. The maximum Gasteiger partial charge on any atom is 0.254 e. The summed E-state index contributed by atoms with van der Waals surface area (Å²) >= 11 is 2.99. The molecule has 0 heterocycles. The molecule has 0 spiro atoms. The summed E-state index contributed by atoms with van der Waals surface area (Å²) in [5.74, 6) is -1.46. The van der Waals surface area contributed by atoms with Gasteiger partial charge in [-0.2, -0.15) is 0 Å². The van der Waals surface area contributed by atoms with Gasteiger partial charge in [0.2, 0.25) is 10.0 Å². The molecule has 5 nitrogen and oxygen atoms in total. The number of sulfonamides is 1. The predicted octanol–water partition coefficient (Wildman–Crippen LogP) is 0.937. The summed E-state index contributed by atoms with van der Waals surface area (Å²) < 4.78 is 35.8. The molecule has 0 aliphatic heterocycles. The second kappa shape index (κ2) is 4.71. The largest absolute Gasteiger partial charge is 0.345 e. The third-order valence-corrected chi connectivity index (χ3v) is 3.55. The number of carbonyl (C=O) groups is 1. The fraction of sp³-hybridized carbons (Fsp3) is 0.222. The molecule has 0 aliphatic rings. The Balaban J connectivity index is 3.50. The van der Waals surface area contributed by atoms with E-state index in [1.807, 2.05) is 0 Å². The van der Waals surface area contributed by atoms with Crippen LogP contribution < -0.4 is 5.14 Å². The number of halogens is 2. The number of hydrogen-bond donors (Lipinski definition) is 1. The minimum Gasteiger partial charge on any atom is -0.345 e. The molecular formula is C9H10BrFN2O3S. The van der Waals surface area contributed by atoms with Gasteiger partial charge < -0.3 is 4.90 Å². The average Bonchev–Trinajstić information content (AvgIpc) is 2.14. The summed E-state index contributed by atoms with van der Waals surface area (Å²) in [6, 6.07) is 1.81. The maximum absolute atomic E-state index is 13.4. The van der Waals surface area contributed by atoms with Crippen molar-refractivity contribution >= 4 is 31.9 Å². The lowest BCUT2D eigenvalue weighted by Crippen LogP contribution is -2.23. The van der Waals surface area contributed by atoms with Crippen molar-refractivity contribution in [1.82, 2.24) is 4.90 Å². The van der Waals surface area contributed by atoms with Gasteiger partial charge in [-0.05, 0) is 28.1 Å². The first-order valence-electron chi connectivity index (χ1n) is 4.38. The number of primary sulfonamides is 1. The van der Waals surface area contributed by atoms with Crippen molar-refractivity contribution in [3.63, 3.8) is 0 Å². The molecule has 17 heavy (non-hydrogen) atoms. The molecule has 94 valence electrons. The van der Waals surface area contributed by atoms with Crippen LogP contribution in [0.3, 0.4) is 0 Å². The van der Waals surface area contributed by atoms with Gasteiger partial charge in [0.05, 0.1) is 5.56 Å². The van der Waals surface area contributed by atoms with E-state index in [0.29, 0.717) is 0 Å². The monoisotopic (exact) mass is 324 g/mol. The molecule has 2 N–H and O–H groups in total. The smallest absolute Gasteiger partial charge is 0.254 e. The number of amides is 1. The van der Waals surface area contributed by atoms with Crippen LogP contribution in [0, 0.1) is 5.82 Å². The van der Waals surface area contributed by atoms with Crippen LogP contribution in [0.25, 0.3) is 0 Å². The maximum atomic E-state index is 13.4. The molecule has 8 heteroatoms. The molecule has 1 amide bonds. The van der Waals surface area contributed by atoms with Crippen molar-refractivity contribution < 1.29 is 17.6 Å². The van der Waals surface area contributed by atoms with Crippen molar-refractivity contribution in [3.8, 4) is 0 Å². The van der Waals surface area contributed by atoms with Crippen LogP contribution in [0.2, 0.25) is 0 Å². The Labute approximate surface area is 107 Å². The van der Waals surface area contributed by atoms with Crippen LogP contribution >= 0.6 is 15.9 Å². The van der Waals surface area contributed by atoms with Gasteiger partial charge in [0.15, 0.2) is 0 Å². The van der Waals surface area contributed by atoms with Gasteiger partial charge in [0, 0.05) is 18.6 Å². The van der Waals surface area contributed by atoms with Crippen LogP contribution in [0.1, 0.15) is 10.4 Å². The molecule has 0 unspecified atom stereocenters. The number of benzene rings is 1. The highest BCUT2D eigenvalue weighted by atomic mass is 79.9. The third-order valence-electron chi connectivity index (χ3n) is 1.96. The zero-order valence-corrected chi connectivity index (χ0v) is 11.5. The Hall–Kier alpha value is -0.990. The van der Waals surface area contributed by atoms with Crippen LogP contribution in [0.5, 0.6) is 0 Å². The first-order chi connectivity index (χ1) is 7.64. The van der Waals surface area contributed by atoms with Crippen molar-refractivity contribution in [1.29, 1.82) is 0 Å². The zero-order chi connectivity index (χ0) is 13.4. The quantitative estimate of drug-likeness (QED) is 0.879. The van der Waals surface area contributed by atoms with Crippen LogP contribution in [-0.4, -0.2) is 33.3 Å². The molecule has 1 rings (SSSR count). The number of nitrogens with zero attached hydrogens (tertiary/aromatic N) is 1. The average molecular weight is 325 g/mol. The van der Waals surface area contributed by atoms with Gasteiger partial charge in [0.1, 0.15) is 10.7 Å². The SMILES string of the molecule is CN(C)C(=O)c1cc(S(N)(=O)=O)c(F)cc1Br. The standard InChI is InChI=1S/C9H10BrFN2O3S/c1-13(2)9(14)5-3-8(17(12,15)16)7(11)4-6(5)10/h3-4H,1-2H3,(H2,12,15,16). The fourth-order valence-electron chi connectivity index (χ4n) is 1.15. The summed E-state index contributed by atoms with van der Waals surface area (Å²) in [6.45, 7) is 0. The lowest BCUT2D eigenvalue weighted by atomic mass is 10.2. The fourth-order valence-corrected chi connectivity index (χ4v) is 2.25. The van der Waals surface area contributed by atoms with Crippen LogP contribution in [-0.2, 0) is 10.0 Å². The number of hydrogen-bond acceptors (Lipinski definition) is 3. The lowest BCUT2D eigenvalue weighted by Gasteiger charge is -2.13. The Bertz CT molecular complexity index is 572. The molecule has 0 radical (unpaired) electrons. The third kappa shape index (κ3) is 3.02. The Morgan fingerprint density at radius 2 is 1.94 bits per heavy atom. The number of carbonyl (C=O) groups excluding carboxylic acids is 1. The molecule has 0 bridgehead atoms. The second-order valence-corrected chi connectivity index (χ2v) is 5.89. The highest BCUT2D eigenvalue weighted by Crippen LogP contribution is 2.24. The van der Waals surface area contributed by atoms with E-state index < -0.39 is 26.6 Å². The Morgan fingerprint density at radius 3 is 2.35 bits per heavy atom. The van der Waals surface area contributed by atoms with E-state index in [9.17, 15) is 17.6 Å². The predicted molar refractivity (Wildman–Crippen MR) is 63.5 cm³/mol. The van der Waals surface area contributed by atoms with Crippen LogP contribution in [0.4, 0.5) is 4.39 Å². The Morgan fingerprint density at radius 1 is 1.41 bits per heavy atom. The molecule has 0 saturated heterocycles. The summed E-state index contributed by atoms with van der Waals surface area (Å²) in [5, 5.41) is 4.84. The summed E-state index contributed by atoms with van der Waals surface area (Å²) in [5.41, 5.74) is 0.0282.